The first-order valence-electron chi connectivity index (χ1n) is 4.67. The van der Waals surface area contributed by atoms with Crippen LogP contribution in [0.1, 0.15) is 24.1 Å². The number of benzene rings is 1. The number of phenolic OH excluding ortho intramolecular Hbond substituents is 1. The first kappa shape index (κ1) is 10.8. The highest BCUT2D eigenvalue weighted by Crippen LogP contribution is 2.30. The third-order valence-electron chi connectivity index (χ3n) is 2.29. The average Bonchev–Trinajstić information content (AvgIpc) is 2.20. The minimum atomic E-state index is -0.358. The van der Waals surface area contributed by atoms with Crippen molar-refractivity contribution in [2.75, 3.05) is 12.3 Å². The van der Waals surface area contributed by atoms with Gasteiger partial charge in [-0.2, -0.15) is 0 Å². The summed E-state index contributed by atoms with van der Waals surface area (Å²) in [5.74, 6) is 0.0557. The van der Waals surface area contributed by atoms with Gasteiger partial charge in [0.05, 0.1) is 5.69 Å². The van der Waals surface area contributed by atoms with Gasteiger partial charge in [-0.25, -0.2) is 0 Å². The molecule has 1 atom stereocenters. The van der Waals surface area contributed by atoms with E-state index in [2.05, 4.69) is 0 Å². The molecule has 0 aliphatic rings. The van der Waals surface area contributed by atoms with Crippen molar-refractivity contribution >= 4 is 5.69 Å². The number of nitrogen functional groups attached to an aromatic ring is 1. The Balaban J connectivity index is 3.20. The number of hydrogen-bond donors (Lipinski definition) is 4. The second-order valence-electron chi connectivity index (χ2n) is 3.32. The molecule has 0 spiro atoms. The van der Waals surface area contributed by atoms with E-state index < -0.39 is 0 Å². The molecule has 78 valence electrons. The second-order valence-corrected chi connectivity index (χ2v) is 3.32. The standard InChI is InChI=1S/C10H17N3O/c1-2-6-3-7(9(13)5-11)10(14)8(12)4-6/h3-4,9,14H,2,5,11-13H2,1H3. The molecular weight excluding hydrogens is 178 g/mol. The highest BCUT2D eigenvalue weighted by Gasteiger charge is 2.12. The number of hydrogen-bond acceptors (Lipinski definition) is 4. The molecule has 1 rings (SSSR count). The summed E-state index contributed by atoms with van der Waals surface area (Å²) in [6.45, 7) is 2.31. The van der Waals surface area contributed by atoms with Gasteiger partial charge in [-0.15, -0.1) is 0 Å². The Morgan fingerprint density at radius 1 is 1.43 bits per heavy atom. The molecule has 0 amide bonds. The monoisotopic (exact) mass is 195 g/mol. The van der Waals surface area contributed by atoms with Crippen molar-refractivity contribution < 1.29 is 5.11 Å². The van der Waals surface area contributed by atoms with Crippen molar-refractivity contribution in [2.45, 2.75) is 19.4 Å². The van der Waals surface area contributed by atoms with Crippen LogP contribution < -0.4 is 17.2 Å². The zero-order valence-corrected chi connectivity index (χ0v) is 8.33. The summed E-state index contributed by atoms with van der Waals surface area (Å²) in [5.41, 5.74) is 18.9. The van der Waals surface area contributed by atoms with Gasteiger partial charge in [0.2, 0.25) is 0 Å². The molecule has 0 bridgehead atoms. The summed E-state index contributed by atoms with van der Waals surface area (Å²) in [7, 11) is 0. The van der Waals surface area contributed by atoms with Crippen molar-refractivity contribution in [3.63, 3.8) is 0 Å². The van der Waals surface area contributed by atoms with Crippen molar-refractivity contribution in [1.29, 1.82) is 0 Å². The predicted molar refractivity (Wildman–Crippen MR) is 57.9 cm³/mol. The van der Waals surface area contributed by atoms with Crippen LogP contribution in [0.3, 0.4) is 0 Å². The maximum Gasteiger partial charge on any atom is 0.143 e. The highest BCUT2D eigenvalue weighted by atomic mass is 16.3. The van der Waals surface area contributed by atoms with Gasteiger partial charge in [-0.3, -0.25) is 0 Å². The number of anilines is 1. The molecule has 0 fully saturated rings. The normalized spacial score (nSPS) is 12.8. The third-order valence-corrected chi connectivity index (χ3v) is 2.29. The average molecular weight is 195 g/mol. The number of aromatic hydroxyl groups is 1. The molecule has 1 aromatic carbocycles. The molecule has 7 N–H and O–H groups in total. The van der Waals surface area contributed by atoms with E-state index in [9.17, 15) is 5.11 Å². The maximum absolute atomic E-state index is 9.66. The third kappa shape index (κ3) is 1.97. The second kappa shape index (κ2) is 4.30. The molecule has 0 radical (unpaired) electrons. The zero-order chi connectivity index (χ0) is 10.7. The van der Waals surface area contributed by atoms with Gasteiger partial charge in [-0.05, 0) is 18.1 Å². The lowest BCUT2D eigenvalue weighted by Crippen LogP contribution is -2.21. The van der Waals surface area contributed by atoms with Crippen LogP contribution in [0.15, 0.2) is 12.1 Å². The van der Waals surface area contributed by atoms with Crippen LogP contribution in [0.4, 0.5) is 5.69 Å². The Hall–Kier alpha value is -1.26. The SMILES string of the molecule is CCc1cc(N)c(O)c(C(N)CN)c1. The van der Waals surface area contributed by atoms with Crippen LogP contribution in [0.5, 0.6) is 5.75 Å². The van der Waals surface area contributed by atoms with Gasteiger partial charge in [0.25, 0.3) is 0 Å². The number of phenols is 1. The van der Waals surface area contributed by atoms with Crippen molar-refractivity contribution in [1.82, 2.24) is 0 Å². The summed E-state index contributed by atoms with van der Waals surface area (Å²) in [5, 5.41) is 9.66. The molecule has 0 saturated carbocycles. The highest BCUT2D eigenvalue weighted by molar-refractivity contribution is 5.59. The minimum Gasteiger partial charge on any atom is -0.505 e. The molecule has 0 aliphatic heterocycles. The van der Waals surface area contributed by atoms with E-state index >= 15 is 0 Å². The van der Waals surface area contributed by atoms with Gasteiger partial charge >= 0.3 is 0 Å². The predicted octanol–water partition coefficient (Wildman–Crippen LogP) is 0.495. The van der Waals surface area contributed by atoms with E-state index in [0.717, 1.165) is 12.0 Å². The topological polar surface area (TPSA) is 98.3 Å². The van der Waals surface area contributed by atoms with Crippen molar-refractivity contribution in [3.05, 3.63) is 23.3 Å². The molecule has 14 heavy (non-hydrogen) atoms. The van der Waals surface area contributed by atoms with Gasteiger partial charge in [0, 0.05) is 18.2 Å². The molecule has 1 aromatic rings. The van der Waals surface area contributed by atoms with E-state index in [1.54, 1.807) is 6.07 Å². The van der Waals surface area contributed by atoms with Crippen LogP contribution in [0.2, 0.25) is 0 Å². The summed E-state index contributed by atoms with van der Waals surface area (Å²) >= 11 is 0. The number of rotatable bonds is 3. The first-order valence-corrected chi connectivity index (χ1v) is 4.67. The van der Waals surface area contributed by atoms with Crippen LogP contribution in [-0.2, 0) is 6.42 Å². The molecular formula is C10H17N3O. The molecule has 0 heterocycles. The maximum atomic E-state index is 9.66. The van der Waals surface area contributed by atoms with Crippen LogP contribution >= 0.6 is 0 Å². The number of nitrogens with two attached hydrogens (primary N) is 3. The summed E-state index contributed by atoms with van der Waals surface area (Å²) in [6, 6.07) is 3.24. The Morgan fingerprint density at radius 2 is 2.07 bits per heavy atom. The van der Waals surface area contributed by atoms with E-state index in [1.165, 1.54) is 0 Å². The van der Waals surface area contributed by atoms with Crippen molar-refractivity contribution in [2.24, 2.45) is 11.5 Å². The Bertz CT molecular complexity index is 325. The van der Waals surface area contributed by atoms with Crippen molar-refractivity contribution in [3.8, 4) is 5.75 Å². The number of aryl methyl sites for hydroxylation is 1. The minimum absolute atomic E-state index is 0.0557. The Labute approximate surface area is 83.7 Å². The van der Waals surface area contributed by atoms with Crippen LogP contribution in [0, 0.1) is 0 Å². The van der Waals surface area contributed by atoms with E-state index in [-0.39, 0.29) is 11.8 Å². The quantitative estimate of drug-likeness (QED) is 0.417. The fourth-order valence-corrected chi connectivity index (χ4v) is 1.36. The molecule has 4 nitrogen and oxygen atoms in total. The fourth-order valence-electron chi connectivity index (χ4n) is 1.36. The zero-order valence-electron chi connectivity index (χ0n) is 8.33. The lowest BCUT2D eigenvalue weighted by molar-refractivity contribution is 0.464. The lowest BCUT2D eigenvalue weighted by Gasteiger charge is -2.14. The van der Waals surface area contributed by atoms with Gasteiger partial charge in [0.1, 0.15) is 5.75 Å². The van der Waals surface area contributed by atoms with Gasteiger partial charge in [0.15, 0.2) is 0 Å². The Morgan fingerprint density at radius 3 is 2.57 bits per heavy atom. The van der Waals surface area contributed by atoms with Gasteiger partial charge in [-0.1, -0.05) is 13.0 Å². The molecule has 0 aliphatic carbocycles. The van der Waals surface area contributed by atoms with E-state index in [1.807, 2.05) is 13.0 Å². The fraction of sp³-hybridized carbons (Fsp3) is 0.400. The van der Waals surface area contributed by atoms with E-state index in [4.69, 9.17) is 17.2 Å². The summed E-state index contributed by atoms with van der Waals surface area (Å²) in [6.07, 6.45) is 0.856. The molecule has 0 aromatic heterocycles. The summed E-state index contributed by atoms with van der Waals surface area (Å²) < 4.78 is 0. The largest absolute Gasteiger partial charge is 0.505 e. The summed E-state index contributed by atoms with van der Waals surface area (Å²) in [4.78, 5) is 0. The molecule has 0 saturated heterocycles. The van der Waals surface area contributed by atoms with Crippen LogP contribution in [-0.4, -0.2) is 11.7 Å². The first-order chi connectivity index (χ1) is 6.60. The van der Waals surface area contributed by atoms with Crippen LogP contribution in [0.25, 0.3) is 0 Å². The lowest BCUT2D eigenvalue weighted by atomic mass is 10.0. The smallest absolute Gasteiger partial charge is 0.143 e. The molecule has 1 unspecified atom stereocenters. The van der Waals surface area contributed by atoms with E-state index in [0.29, 0.717) is 17.8 Å². The Kier molecular flexibility index (Phi) is 3.33. The van der Waals surface area contributed by atoms with Gasteiger partial charge < -0.3 is 22.3 Å². The molecule has 4 heteroatoms.